The number of methoxy groups -OCH3 is 1. The molecule has 19 heavy (non-hydrogen) atoms. The van der Waals surface area contributed by atoms with Gasteiger partial charge < -0.3 is 10.1 Å². The summed E-state index contributed by atoms with van der Waals surface area (Å²) in [5.41, 5.74) is 2.24. The lowest BCUT2D eigenvalue weighted by Crippen LogP contribution is -2.41. The molecule has 0 aliphatic rings. The number of carbonyl (C=O) groups excluding carboxylic acids is 2. The van der Waals surface area contributed by atoms with Crippen LogP contribution in [0.25, 0.3) is 0 Å². The molecule has 1 rings (SSSR count). The van der Waals surface area contributed by atoms with Crippen molar-refractivity contribution in [3.63, 3.8) is 0 Å². The normalized spacial score (nSPS) is 12.1. The standard InChI is InChI=1S/C15H21NO3/c1-10(2)13-7-5-12(6-8-13)9-14(15(18)19-4)16-11(3)17/h5-8,10,14H,9H2,1-4H3,(H,16,17). The van der Waals surface area contributed by atoms with E-state index in [1.54, 1.807) is 0 Å². The summed E-state index contributed by atoms with van der Waals surface area (Å²) in [6.45, 7) is 5.64. The molecule has 104 valence electrons. The number of benzene rings is 1. The third kappa shape index (κ3) is 4.73. The first-order valence-corrected chi connectivity index (χ1v) is 6.37. The van der Waals surface area contributed by atoms with E-state index in [4.69, 9.17) is 4.74 Å². The number of rotatable bonds is 5. The van der Waals surface area contributed by atoms with Gasteiger partial charge in [0.2, 0.25) is 5.91 Å². The first-order valence-electron chi connectivity index (χ1n) is 6.37. The molecule has 1 amide bonds. The quantitative estimate of drug-likeness (QED) is 0.827. The van der Waals surface area contributed by atoms with Gasteiger partial charge in [0, 0.05) is 13.3 Å². The van der Waals surface area contributed by atoms with Crippen LogP contribution < -0.4 is 5.32 Å². The lowest BCUT2D eigenvalue weighted by Gasteiger charge is -2.16. The molecule has 0 fully saturated rings. The molecule has 1 N–H and O–H groups in total. The van der Waals surface area contributed by atoms with Crippen LogP contribution in [0, 0.1) is 0 Å². The molecule has 0 saturated heterocycles. The number of carbonyl (C=O) groups is 2. The highest BCUT2D eigenvalue weighted by Gasteiger charge is 2.20. The van der Waals surface area contributed by atoms with Gasteiger partial charge in [-0.1, -0.05) is 38.1 Å². The molecule has 0 spiro atoms. The first-order chi connectivity index (χ1) is 8.93. The van der Waals surface area contributed by atoms with Crippen LogP contribution in [0.4, 0.5) is 0 Å². The Labute approximate surface area is 114 Å². The topological polar surface area (TPSA) is 55.4 Å². The highest BCUT2D eigenvalue weighted by atomic mass is 16.5. The van der Waals surface area contributed by atoms with E-state index in [2.05, 4.69) is 19.2 Å². The van der Waals surface area contributed by atoms with Crippen LogP contribution in [0.3, 0.4) is 0 Å². The molecule has 0 saturated carbocycles. The Balaban J connectivity index is 2.78. The summed E-state index contributed by atoms with van der Waals surface area (Å²) in [6.07, 6.45) is 0.435. The largest absolute Gasteiger partial charge is 0.467 e. The third-order valence-corrected chi connectivity index (χ3v) is 2.95. The minimum absolute atomic E-state index is 0.241. The van der Waals surface area contributed by atoms with E-state index in [0.717, 1.165) is 5.56 Å². The predicted octanol–water partition coefficient (Wildman–Crippen LogP) is 2.03. The van der Waals surface area contributed by atoms with Crippen LogP contribution in [-0.4, -0.2) is 25.0 Å². The molecule has 0 bridgehead atoms. The molecule has 0 aliphatic carbocycles. The van der Waals surface area contributed by atoms with Crippen molar-refractivity contribution in [2.24, 2.45) is 0 Å². The molecule has 4 nitrogen and oxygen atoms in total. The Morgan fingerprint density at radius 3 is 2.21 bits per heavy atom. The average molecular weight is 263 g/mol. The molecule has 0 aromatic heterocycles. The molecule has 0 heterocycles. The van der Waals surface area contributed by atoms with Gasteiger partial charge in [-0.3, -0.25) is 4.79 Å². The maximum absolute atomic E-state index is 11.6. The average Bonchev–Trinajstić information content (AvgIpc) is 2.37. The van der Waals surface area contributed by atoms with E-state index < -0.39 is 12.0 Å². The van der Waals surface area contributed by atoms with E-state index in [-0.39, 0.29) is 5.91 Å². The van der Waals surface area contributed by atoms with Crippen molar-refractivity contribution in [2.45, 2.75) is 39.2 Å². The second-order valence-electron chi connectivity index (χ2n) is 4.88. The summed E-state index contributed by atoms with van der Waals surface area (Å²) in [7, 11) is 1.32. The Kier molecular flexibility index (Phi) is 5.55. The summed E-state index contributed by atoms with van der Waals surface area (Å²) < 4.78 is 4.69. The van der Waals surface area contributed by atoms with Crippen molar-refractivity contribution in [3.8, 4) is 0 Å². The van der Waals surface area contributed by atoms with Crippen molar-refractivity contribution in [1.29, 1.82) is 0 Å². The number of nitrogens with one attached hydrogen (secondary N) is 1. The van der Waals surface area contributed by atoms with Gasteiger partial charge in [-0.05, 0) is 17.0 Å². The summed E-state index contributed by atoms with van der Waals surface area (Å²) in [4.78, 5) is 22.7. The molecule has 1 aromatic carbocycles. The molecule has 0 aliphatic heterocycles. The molecule has 4 heteroatoms. The Morgan fingerprint density at radius 2 is 1.79 bits per heavy atom. The number of amides is 1. The van der Waals surface area contributed by atoms with Gasteiger partial charge in [-0.25, -0.2) is 4.79 Å². The molecular weight excluding hydrogens is 242 g/mol. The summed E-state index contributed by atoms with van der Waals surface area (Å²) in [5, 5.41) is 2.60. The van der Waals surface area contributed by atoms with Gasteiger partial charge >= 0.3 is 5.97 Å². The Morgan fingerprint density at radius 1 is 1.21 bits per heavy atom. The minimum Gasteiger partial charge on any atom is -0.467 e. The van der Waals surface area contributed by atoms with Crippen molar-refractivity contribution >= 4 is 11.9 Å². The van der Waals surface area contributed by atoms with E-state index in [1.807, 2.05) is 24.3 Å². The zero-order valence-corrected chi connectivity index (χ0v) is 11.9. The molecule has 1 aromatic rings. The number of esters is 1. The molecular formula is C15H21NO3. The van der Waals surface area contributed by atoms with Crippen LogP contribution in [-0.2, 0) is 20.7 Å². The van der Waals surface area contributed by atoms with Crippen LogP contribution in [0.5, 0.6) is 0 Å². The van der Waals surface area contributed by atoms with Crippen molar-refractivity contribution in [3.05, 3.63) is 35.4 Å². The highest BCUT2D eigenvalue weighted by Crippen LogP contribution is 2.15. The predicted molar refractivity (Wildman–Crippen MR) is 73.9 cm³/mol. The fourth-order valence-electron chi connectivity index (χ4n) is 1.86. The van der Waals surface area contributed by atoms with E-state index in [9.17, 15) is 9.59 Å². The van der Waals surface area contributed by atoms with Crippen LogP contribution in [0.15, 0.2) is 24.3 Å². The fraction of sp³-hybridized carbons (Fsp3) is 0.467. The number of ether oxygens (including phenoxy) is 1. The van der Waals surface area contributed by atoms with Gasteiger partial charge in [0.15, 0.2) is 0 Å². The lowest BCUT2D eigenvalue weighted by atomic mass is 9.99. The second kappa shape index (κ2) is 6.92. The second-order valence-corrected chi connectivity index (χ2v) is 4.88. The van der Waals surface area contributed by atoms with Crippen molar-refractivity contribution in [1.82, 2.24) is 5.32 Å². The summed E-state index contributed by atoms with van der Waals surface area (Å²) >= 11 is 0. The molecule has 0 radical (unpaired) electrons. The van der Waals surface area contributed by atoms with Gasteiger partial charge in [-0.2, -0.15) is 0 Å². The van der Waals surface area contributed by atoms with E-state index in [0.29, 0.717) is 12.3 Å². The van der Waals surface area contributed by atoms with E-state index in [1.165, 1.54) is 19.6 Å². The number of hydrogen-bond donors (Lipinski definition) is 1. The smallest absolute Gasteiger partial charge is 0.328 e. The molecule has 1 unspecified atom stereocenters. The Bertz CT molecular complexity index is 437. The third-order valence-electron chi connectivity index (χ3n) is 2.95. The van der Waals surface area contributed by atoms with Crippen LogP contribution in [0.2, 0.25) is 0 Å². The lowest BCUT2D eigenvalue weighted by molar-refractivity contribution is -0.144. The van der Waals surface area contributed by atoms with Crippen LogP contribution in [0.1, 0.15) is 37.8 Å². The van der Waals surface area contributed by atoms with Crippen LogP contribution >= 0.6 is 0 Å². The van der Waals surface area contributed by atoms with Gasteiger partial charge in [0.25, 0.3) is 0 Å². The number of hydrogen-bond acceptors (Lipinski definition) is 3. The van der Waals surface area contributed by atoms with Crippen molar-refractivity contribution < 1.29 is 14.3 Å². The monoisotopic (exact) mass is 263 g/mol. The van der Waals surface area contributed by atoms with Gasteiger partial charge in [0.1, 0.15) is 6.04 Å². The molecule has 1 atom stereocenters. The maximum Gasteiger partial charge on any atom is 0.328 e. The van der Waals surface area contributed by atoms with Crippen molar-refractivity contribution in [2.75, 3.05) is 7.11 Å². The van der Waals surface area contributed by atoms with E-state index >= 15 is 0 Å². The summed E-state index contributed by atoms with van der Waals surface area (Å²) in [6, 6.07) is 7.41. The maximum atomic E-state index is 11.6. The SMILES string of the molecule is COC(=O)C(Cc1ccc(C(C)C)cc1)NC(C)=O. The van der Waals surface area contributed by atoms with Gasteiger partial charge in [0.05, 0.1) is 7.11 Å². The summed E-state index contributed by atoms with van der Waals surface area (Å²) in [5.74, 6) is -0.196. The minimum atomic E-state index is -0.632. The Hall–Kier alpha value is -1.84. The fourth-order valence-corrected chi connectivity index (χ4v) is 1.86. The first kappa shape index (κ1) is 15.2. The zero-order valence-electron chi connectivity index (χ0n) is 11.9. The zero-order chi connectivity index (χ0) is 14.4. The highest BCUT2D eigenvalue weighted by molar-refractivity contribution is 5.83. The van der Waals surface area contributed by atoms with Gasteiger partial charge in [-0.15, -0.1) is 0 Å².